The molecule has 39 heavy (non-hydrogen) atoms. The minimum Gasteiger partial charge on any atom is -0.494 e. The summed E-state index contributed by atoms with van der Waals surface area (Å²) in [6.07, 6.45) is 3.51. The second-order valence-electron chi connectivity index (χ2n) is 10.3. The number of aliphatic hydroxyl groups excluding tert-OH is 1. The van der Waals surface area contributed by atoms with Gasteiger partial charge >= 0.3 is 0 Å². The number of ether oxygens (including phenoxy) is 1. The Labute approximate surface area is 237 Å². The molecule has 5 atom stereocenters. The summed E-state index contributed by atoms with van der Waals surface area (Å²) in [4.78, 5) is 43.2. The first-order valence-electron chi connectivity index (χ1n) is 13.6. The summed E-state index contributed by atoms with van der Waals surface area (Å²) in [6, 6.07) is 13.5. The number of anilines is 2. The standard InChI is InChI=1S/C29H34ClN3O5S/c1-2-38-19-12-10-18(11-13-19)31-26(35)23-22-14-15-29(39-22)24(23)28(37)33(16-6-3-7-17-34)25(29)27(36)32-21-9-5-4-8-20(21)30/h4-5,8-13,22-25,34H,2-3,6-7,14-17H2,1H3,(H,31,35)(H,32,36)/t22-,23+,24+,25?,29?/m1/s1. The first-order valence-corrected chi connectivity index (χ1v) is 14.8. The lowest BCUT2D eigenvalue weighted by Gasteiger charge is -2.34. The van der Waals surface area contributed by atoms with Gasteiger partial charge in [0.2, 0.25) is 17.7 Å². The molecule has 208 valence electrons. The average Bonchev–Trinajstić information content (AvgIpc) is 3.56. The minimum atomic E-state index is -0.710. The van der Waals surface area contributed by atoms with Crippen LogP contribution >= 0.6 is 23.4 Å². The maximum absolute atomic E-state index is 14.0. The third-order valence-electron chi connectivity index (χ3n) is 7.97. The Morgan fingerprint density at radius 2 is 1.87 bits per heavy atom. The number of carbonyl (C=O) groups is 3. The number of benzene rings is 2. The van der Waals surface area contributed by atoms with E-state index in [-0.39, 0.29) is 29.6 Å². The van der Waals surface area contributed by atoms with Crippen LogP contribution in [0.5, 0.6) is 5.75 Å². The monoisotopic (exact) mass is 571 g/mol. The van der Waals surface area contributed by atoms with Crippen LogP contribution in [0.3, 0.4) is 0 Å². The third-order valence-corrected chi connectivity index (χ3v) is 10.3. The minimum absolute atomic E-state index is 0.0335. The molecule has 3 aliphatic heterocycles. The first kappa shape index (κ1) is 27.8. The van der Waals surface area contributed by atoms with Crippen molar-refractivity contribution in [3.8, 4) is 5.75 Å². The van der Waals surface area contributed by atoms with Gasteiger partial charge in [0.15, 0.2) is 0 Å². The fourth-order valence-corrected chi connectivity index (χ4v) is 8.76. The molecule has 0 saturated carbocycles. The molecule has 0 aliphatic carbocycles. The van der Waals surface area contributed by atoms with E-state index in [1.165, 1.54) is 0 Å². The van der Waals surface area contributed by atoms with Crippen LogP contribution in [0, 0.1) is 11.8 Å². The number of hydrogen-bond acceptors (Lipinski definition) is 6. The number of halogens is 1. The van der Waals surface area contributed by atoms with Gasteiger partial charge in [-0.25, -0.2) is 0 Å². The molecule has 0 radical (unpaired) electrons. The number of likely N-dealkylation sites (tertiary alicyclic amines) is 1. The van der Waals surface area contributed by atoms with Crippen LogP contribution in [0.15, 0.2) is 48.5 Å². The van der Waals surface area contributed by atoms with E-state index in [9.17, 15) is 19.5 Å². The highest BCUT2D eigenvalue weighted by molar-refractivity contribution is 8.02. The molecule has 3 aliphatic rings. The summed E-state index contributed by atoms with van der Waals surface area (Å²) in [5, 5.41) is 15.6. The van der Waals surface area contributed by atoms with Gasteiger partial charge < -0.3 is 25.4 Å². The smallest absolute Gasteiger partial charge is 0.248 e. The molecule has 2 aromatic carbocycles. The second kappa shape index (κ2) is 11.8. The number of rotatable bonds is 11. The molecule has 10 heteroatoms. The van der Waals surface area contributed by atoms with Gasteiger partial charge in [0.05, 0.1) is 33.9 Å². The normalized spacial score (nSPS) is 26.9. The predicted octanol–water partition coefficient (Wildman–Crippen LogP) is 4.57. The first-order chi connectivity index (χ1) is 18.9. The van der Waals surface area contributed by atoms with E-state index in [2.05, 4.69) is 10.6 Å². The zero-order chi connectivity index (χ0) is 27.6. The molecule has 3 saturated heterocycles. The van der Waals surface area contributed by atoms with Crippen molar-refractivity contribution in [3.05, 3.63) is 53.6 Å². The molecule has 3 heterocycles. The van der Waals surface area contributed by atoms with E-state index in [1.807, 2.05) is 6.92 Å². The highest BCUT2D eigenvalue weighted by Crippen LogP contribution is 2.66. The number of carbonyl (C=O) groups excluding carboxylic acids is 3. The second-order valence-corrected chi connectivity index (χ2v) is 12.3. The summed E-state index contributed by atoms with van der Waals surface area (Å²) in [7, 11) is 0. The molecule has 3 amide bonds. The Kier molecular flexibility index (Phi) is 8.40. The molecule has 2 bridgehead atoms. The largest absolute Gasteiger partial charge is 0.494 e. The van der Waals surface area contributed by atoms with E-state index in [0.29, 0.717) is 48.8 Å². The van der Waals surface area contributed by atoms with Gasteiger partial charge in [0.25, 0.3) is 0 Å². The molecular weight excluding hydrogens is 538 g/mol. The number of aliphatic hydroxyl groups is 1. The SMILES string of the molecule is CCOc1ccc(NC(=O)[C@@H]2[C@H]3C(=O)N(CCCCCO)C(C(=O)Nc4ccccc4Cl)C34CC[C@H]2S4)cc1. The number of thioether (sulfide) groups is 1. The Balaban J connectivity index is 1.41. The quantitative estimate of drug-likeness (QED) is 0.341. The summed E-state index contributed by atoms with van der Waals surface area (Å²) in [6.45, 7) is 2.95. The number of nitrogens with zero attached hydrogens (tertiary/aromatic N) is 1. The summed E-state index contributed by atoms with van der Waals surface area (Å²) < 4.78 is 4.82. The lowest BCUT2D eigenvalue weighted by atomic mass is 9.70. The number of para-hydroxylation sites is 1. The molecule has 3 fully saturated rings. The van der Waals surface area contributed by atoms with Crippen molar-refractivity contribution in [3.63, 3.8) is 0 Å². The van der Waals surface area contributed by atoms with Gasteiger partial charge in [-0.05, 0) is 75.4 Å². The van der Waals surface area contributed by atoms with E-state index in [4.69, 9.17) is 16.3 Å². The summed E-state index contributed by atoms with van der Waals surface area (Å²) in [5.74, 6) is -0.990. The topological polar surface area (TPSA) is 108 Å². The summed E-state index contributed by atoms with van der Waals surface area (Å²) >= 11 is 7.96. The maximum Gasteiger partial charge on any atom is 0.248 e. The van der Waals surface area contributed by atoms with Crippen LogP contribution in [0.4, 0.5) is 11.4 Å². The zero-order valence-corrected chi connectivity index (χ0v) is 23.5. The number of unbranched alkanes of at least 4 members (excludes halogenated alkanes) is 2. The van der Waals surface area contributed by atoms with Crippen LogP contribution in [-0.4, -0.2) is 63.5 Å². The van der Waals surface area contributed by atoms with Crippen LogP contribution < -0.4 is 15.4 Å². The van der Waals surface area contributed by atoms with E-state index < -0.39 is 22.6 Å². The van der Waals surface area contributed by atoms with Crippen LogP contribution in [0.1, 0.15) is 39.0 Å². The number of amides is 3. The number of fused-ring (bicyclic) bond motifs is 1. The average molecular weight is 572 g/mol. The van der Waals surface area contributed by atoms with Gasteiger partial charge in [0.1, 0.15) is 11.8 Å². The molecule has 1 spiro atoms. The molecule has 8 nitrogen and oxygen atoms in total. The van der Waals surface area contributed by atoms with Crippen molar-refractivity contribution in [2.24, 2.45) is 11.8 Å². The molecule has 2 aromatic rings. The van der Waals surface area contributed by atoms with Crippen molar-refractivity contribution >= 4 is 52.5 Å². The van der Waals surface area contributed by atoms with Crippen molar-refractivity contribution < 1.29 is 24.2 Å². The Hall–Kier alpha value is -2.75. The predicted molar refractivity (Wildman–Crippen MR) is 153 cm³/mol. The molecule has 2 unspecified atom stereocenters. The van der Waals surface area contributed by atoms with E-state index in [0.717, 1.165) is 18.6 Å². The summed E-state index contributed by atoms with van der Waals surface area (Å²) in [5.41, 5.74) is 1.14. The number of nitrogens with one attached hydrogen (secondary N) is 2. The number of hydrogen-bond donors (Lipinski definition) is 3. The molecular formula is C29H34ClN3O5S. The Morgan fingerprint density at radius 3 is 2.59 bits per heavy atom. The van der Waals surface area contributed by atoms with Crippen molar-refractivity contribution in [2.45, 2.75) is 55.1 Å². The van der Waals surface area contributed by atoms with Gasteiger partial charge in [-0.15, -0.1) is 11.8 Å². The zero-order valence-electron chi connectivity index (χ0n) is 21.9. The molecule has 0 aromatic heterocycles. The lowest BCUT2D eigenvalue weighted by Crippen LogP contribution is -2.51. The van der Waals surface area contributed by atoms with Gasteiger partial charge in [0, 0.05) is 24.1 Å². The van der Waals surface area contributed by atoms with Crippen LogP contribution in [0.2, 0.25) is 5.02 Å². The third kappa shape index (κ3) is 5.24. The fraction of sp³-hybridized carbons (Fsp3) is 0.483. The van der Waals surface area contributed by atoms with Crippen LogP contribution in [-0.2, 0) is 14.4 Å². The van der Waals surface area contributed by atoms with Crippen molar-refractivity contribution in [1.29, 1.82) is 0 Å². The van der Waals surface area contributed by atoms with Gasteiger partial charge in [-0.2, -0.15) is 0 Å². The lowest BCUT2D eigenvalue weighted by molar-refractivity contribution is -0.138. The Morgan fingerprint density at radius 1 is 1.10 bits per heavy atom. The highest BCUT2D eigenvalue weighted by atomic mass is 35.5. The van der Waals surface area contributed by atoms with Crippen LogP contribution in [0.25, 0.3) is 0 Å². The van der Waals surface area contributed by atoms with Gasteiger partial charge in [-0.1, -0.05) is 23.7 Å². The van der Waals surface area contributed by atoms with Gasteiger partial charge in [-0.3, -0.25) is 14.4 Å². The van der Waals surface area contributed by atoms with E-state index >= 15 is 0 Å². The van der Waals surface area contributed by atoms with Crippen molar-refractivity contribution in [2.75, 3.05) is 30.4 Å². The fourth-order valence-electron chi connectivity index (χ4n) is 6.36. The van der Waals surface area contributed by atoms with Crippen molar-refractivity contribution in [1.82, 2.24) is 4.90 Å². The maximum atomic E-state index is 14.0. The molecule has 3 N–H and O–H groups in total. The van der Waals surface area contributed by atoms with E-state index in [1.54, 1.807) is 65.2 Å². The molecule has 5 rings (SSSR count). The Bertz CT molecular complexity index is 1230. The highest BCUT2D eigenvalue weighted by Gasteiger charge is 2.73.